The quantitative estimate of drug-likeness (QED) is 0.491. The number of thioether (sulfide) groups is 1. The van der Waals surface area contributed by atoms with E-state index in [0.29, 0.717) is 12.5 Å². The van der Waals surface area contributed by atoms with Crippen molar-refractivity contribution in [2.75, 3.05) is 25.7 Å². The maximum absolute atomic E-state index is 11.3. The fourth-order valence-electron chi connectivity index (χ4n) is 2.01. The Labute approximate surface area is 115 Å². The molecule has 3 nitrogen and oxygen atoms in total. The Morgan fingerprint density at radius 1 is 1.44 bits per heavy atom. The van der Waals surface area contributed by atoms with Gasteiger partial charge in [0.25, 0.3) is 0 Å². The molecule has 0 bridgehead atoms. The van der Waals surface area contributed by atoms with E-state index in [1.165, 1.54) is 45.0 Å². The number of carbonyl (C=O) groups excluding carboxylic acids is 1. The Bertz CT molecular complexity index is 254. The number of rotatable bonds is 10. The topological polar surface area (TPSA) is 38.3 Å². The molecule has 0 spiro atoms. The van der Waals surface area contributed by atoms with Crippen molar-refractivity contribution in [3.05, 3.63) is 0 Å². The third-order valence-electron chi connectivity index (χ3n) is 3.78. The van der Waals surface area contributed by atoms with E-state index in [2.05, 4.69) is 12.2 Å². The van der Waals surface area contributed by atoms with Gasteiger partial charge in [0.15, 0.2) is 0 Å². The predicted octanol–water partition coefficient (Wildman–Crippen LogP) is 2.84. The van der Waals surface area contributed by atoms with Gasteiger partial charge in [0, 0.05) is 6.04 Å². The molecular formula is C14H27NO2S. The van der Waals surface area contributed by atoms with Crippen LogP contribution in [0.5, 0.6) is 0 Å². The normalized spacial score (nSPS) is 18.4. The lowest BCUT2D eigenvalue weighted by molar-refractivity contribution is -0.141. The summed E-state index contributed by atoms with van der Waals surface area (Å²) in [5, 5.41) is 3.26. The van der Waals surface area contributed by atoms with Crippen LogP contribution >= 0.6 is 11.8 Å². The summed E-state index contributed by atoms with van der Waals surface area (Å²) < 4.78 is 4.75. The molecule has 0 saturated heterocycles. The molecule has 1 aliphatic carbocycles. The van der Waals surface area contributed by atoms with Crippen LogP contribution in [0.3, 0.4) is 0 Å². The summed E-state index contributed by atoms with van der Waals surface area (Å²) in [5.74, 6) is 2.30. The van der Waals surface area contributed by atoms with Gasteiger partial charge in [-0.3, -0.25) is 4.79 Å². The van der Waals surface area contributed by atoms with Crippen LogP contribution < -0.4 is 5.32 Å². The molecule has 1 unspecified atom stereocenters. The third kappa shape index (κ3) is 6.10. The van der Waals surface area contributed by atoms with Crippen LogP contribution in [0.2, 0.25) is 0 Å². The summed E-state index contributed by atoms with van der Waals surface area (Å²) in [6.45, 7) is 2.22. The van der Waals surface area contributed by atoms with Crippen LogP contribution in [0.4, 0.5) is 0 Å². The van der Waals surface area contributed by atoms with Crippen LogP contribution in [-0.4, -0.2) is 37.7 Å². The summed E-state index contributed by atoms with van der Waals surface area (Å²) in [6, 6.07) is 0.629. The third-order valence-corrected chi connectivity index (χ3v) is 5.17. The SMILES string of the molecule is CNC(C)CCCCSCC1(CC(=O)OC)CC1. The second-order valence-corrected chi connectivity index (χ2v) is 6.60. The maximum atomic E-state index is 11.3. The van der Waals surface area contributed by atoms with Crippen molar-refractivity contribution in [1.82, 2.24) is 5.32 Å². The van der Waals surface area contributed by atoms with Crippen LogP contribution in [0.1, 0.15) is 45.4 Å². The average Bonchev–Trinajstić information content (AvgIpc) is 3.13. The van der Waals surface area contributed by atoms with Gasteiger partial charge in [0.1, 0.15) is 0 Å². The first-order chi connectivity index (χ1) is 8.62. The second-order valence-electron chi connectivity index (χ2n) is 5.49. The number of hydrogen-bond acceptors (Lipinski definition) is 4. The van der Waals surface area contributed by atoms with Crippen molar-refractivity contribution in [2.24, 2.45) is 5.41 Å². The van der Waals surface area contributed by atoms with E-state index in [1.807, 2.05) is 18.8 Å². The molecule has 4 heteroatoms. The number of nitrogens with one attached hydrogen (secondary N) is 1. The van der Waals surface area contributed by atoms with E-state index in [0.717, 1.165) is 5.75 Å². The molecule has 1 N–H and O–H groups in total. The van der Waals surface area contributed by atoms with Crippen LogP contribution in [0.25, 0.3) is 0 Å². The number of methoxy groups -OCH3 is 1. The summed E-state index contributed by atoms with van der Waals surface area (Å²) in [4.78, 5) is 11.3. The molecule has 18 heavy (non-hydrogen) atoms. The molecule has 1 saturated carbocycles. The standard InChI is InChI=1S/C14H27NO2S/c1-12(15-2)6-4-5-9-18-11-14(7-8-14)10-13(16)17-3/h12,15H,4-11H2,1-3H3. The highest BCUT2D eigenvalue weighted by Crippen LogP contribution is 2.51. The van der Waals surface area contributed by atoms with Crippen molar-refractivity contribution in [3.8, 4) is 0 Å². The van der Waals surface area contributed by atoms with Crippen molar-refractivity contribution in [1.29, 1.82) is 0 Å². The minimum Gasteiger partial charge on any atom is -0.469 e. The van der Waals surface area contributed by atoms with E-state index in [9.17, 15) is 4.79 Å². The molecule has 0 aliphatic heterocycles. The Morgan fingerprint density at radius 2 is 2.17 bits per heavy atom. The minimum atomic E-state index is -0.0454. The minimum absolute atomic E-state index is 0.0454. The first-order valence-electron chi connectivity index (χ1n) is 6.94. The zero-order valence-corrected chi connectivity index (χ0v) is 12.8. The zero-order chi connectivity index (χ0) is 13.4. The van der Waals surface area contributed by atoms with Gasteiger partial charge in [-0.2, -0.15) is 11.8 Å². The number of ether oxygens (including phenoxy) is 1. The first-order valence-corrected chi connectivity index (χ1v) is 8.09. The fraction of sp³-hybridized carbons (Fsp3) is 0.929. The van der Waals surface area contributed by atoms with Gasteiger partial charge in [0.05, 0.1) is 13.5 Å². The van der Waals surface area contributed by atoms with E-state index >= 15 is 0 Å². The first kappa shape index (κ1) is 15.8. The van der Waals surface area contributed by atoms with Gasteiger partial charge in [0.2, 0.25) is 0 Å². The lowest BCUT2D eigenvalue weighted by Crippen LogP contribution is -2.20. The summed E-state index contributed by atoms with van der Waals surface area (Å²) in [5.41, 5.74) is 0.288. The lowest BCUT2D eigenvalue weighted by atomic mass is 10.1. The molecule has 0 amide bonds. The molecule has 0 aromatic rings. The largest absolute Gasteiger partial charge is 0.469 e. The summed E-state index contributed by atoms with van der Waals surface area (Å²) in [7, 11) is 3.50. The van der Waals surface area contributed by atoms with Gasteiger partial charge in [-0.15, -0.1) is 0 Å². The smallest absolute Gasteiger partial charge is 0.306 e. The lowest BCUT2D eigenvalue weighted by Gasteiger charge is -2.13. The van der Waals surface area contributed by atoms with Gasteiger partial charge >= 0.3 is 5.97 Å². The molecule has 0 aromatic heterocycles. The molecule has 106 valence electrons. The molecule has 1 rings (SSSR count). The van der Waals surface area contributed by atoms with E-state index in [-0.39, 0.29) is 11.4 Å². The highest BCUT2D eigenvalue weighted by Gasteiger charge is 2.44. The van der Waals surface area contributed by atoms with Crippen molar-refractivity contribution < 1.29 is 9.53 Å². The number of unbranched alkanes of at least 4 members (excludes halogenated alkanes) is 1. The maximum Gasteiger partial charge on any atom is 0.306 e. The fourth-order valence-corrected chi connectivity index (χ4v) is 3.39. The average molecular weight is 273 g/mol. The van der Waals surface area contributed by atoms with Gasteiger partial charge < -0.3 is 10.1 Å². The highest BCUT2D eigenvalue weighted by atomic mass is 32.2. The van der Waals surface area contributed by atoms with Gasteiger partial charge in [-0.25, -0.2) is 0 Å². The van der Waals surface area contributed by atoms with Crippen molar-refractivity contribution >= 4 is 17.7 Å². The van der Waals surface area contributed by atoms with E-state index in [4.69, 9.17) is 4.74 Å². The van der Waals surface area contributed by atoms with Crippen molar-refractivity contribution in [2.45, 2.75) is 51.5 Å². The van der Waals surface area contributed by atoms with Gasteiger partial charge in [-0.05, 0) is 56.6 Å². The molecule has 0 heterocycles. The molecule has 1 fully saturated rings. The summed E-state index contributed by atoms with van der Waals surface area (Å²) in [6.07, 6.45) is 6.85. The highest BCUT2D eigenvalue weighted by molar-refractivity contribution is 7.99. The Hall–Kier alpha value is -0.220. The van der Waals surface area contributed by atoms with Crippen LogP contribution in [0, 0.1) is 5.41 Å². The molecule has 1 aliphatic rings. The Morgan fingerprint density at radius 3 is 2.72 bits per heavy atom. The Balaban J connectivity index is 1.99. The zero-order valence-electron chi connectivity index (χ0n) is 12.0. The number of esters is 1. The number of carbonyl (C=O) groups is 1. The summed E-state index contributed by atoms with van der Waals surface area (Å²) >= 11 is 2.01. The monoisotopic (exact) mass is 273 g/mol. The molecular weight excluding hydrogens is 246 g/mol. The van der Waals surface area contributed by atoms with E-state index < -0.39 is 0 Å². The molecule has 1 atom stereocenters. The van der Waals surface area contributed by atoms with E-state index in [1.54, 1.807) is 0 Å². The molecule has 0 aromatic carbocycles. The Kier molecular flexibility index (Phi) is 7.08. The molecule has 0 radical (unpaired) electrons. The van der Waals surface area contributed by atoms with Gasteiger partial charge in [-0.1, -0.05) is 6.42 Å². The number of hydrogen-bond donors (Lipinski definition) is 1. The van der Waals surface area contributed by atoms with Crippen molar-refractivity contribution in [3.63, 3.8) is 0 Å². The van der Waals surface area contributed by atoms with Crippen LogP contribution in [-0.2, 0) is 9.53 Å². The van der Waals surface area contributed by atoms with Crippen LogP contribution in [0.15, 0.2) is 0 Å². The second kappa shape index (κ2) is 8.05. The predicted molar refractivity (Wildman–Crippen MR) is 78.0 cm³/mol.